The normalized spacial score (nSPS) is 22.0. The summed E-state index contributed by atoms with van der Waals surface area (Å²) < 4.78 is 27.1. The van der Waals surface area contributed by atoms with Crippen LogP contribution in [0.5, 0.6) is 0 Å². The van der Waals surface area contributed by atoms with E-state index in [0.29, 0.717) is 23.5 Å². The predicted molar refractivity (Wildman–Crippen MR) is 73.5 cm³/mol. The summed E-state index contributed by atoms with van der Waals surface area (Å²) in [6, 6.07) is 1.51. The van der Waals surface area contributed by atoms with Gasteiger partial charge in [-0.25, -0.2) is 13.4 Å². The van der Waals surface area contributed by atoms with Crippen molar-refractivity contribution in [2.45, 2.75) is 24.7 Å². The Morgan fingerprint density at radius 3 is 2.94 bits per heavy atom. The number of hydrogen-bond donors (Lipinski definition) is 1. The maximum Gasteiger partial charge on any atom is 0.246 e. The maximum absolute atomic E-state index is 12.5. The molecule has 1 fully saturated rings. The summed E-state index contributed by atoms with van der Waals surface area (Å²) in [5.41, 5.74) is 5.68. The second-order valence-corrected chi connectivity index (χ2v) is 7.47. The quantitative estimate of drug-likeness (QED) is 0.895. The third-order valence-corrected chi connectivity index (χ3v) is 5.41. The molecule has 0 bridgehead atoms. The minimum absolute atomic E-state index is 0.0522. The molecule has 18 heavy (non-hydrogen) atoms. The molecule has 1 atom stereocenters. The van der Waals surface area contributed by atoms with Crippen LogP contribution < -0.4 is 5.73 Å². The molecule has 2 heterocycles. The van der Waals surface area contributed by atoms with Gasteiger partial charge in [0.05, 0.1) is 0 Å². The number of rotatable bonds is 2. The molecule has 0 radical (unpaired) electrons. The third kappa shape index (κ3) is 2.67. The van der Waals surface area contributed by atoms with Crippen LogP contribution in [-0.2, 0) is 10.0 Å². The zero-order chi connectivity index (χ0) is 13.3. The number of aromatic nitrogens is 1. The molecular formula is C11H16BrN3O2S. The van der Waals surface area contributed by atoms with Crippen molar-refractivity contribution in [1.82, 2.24) is 9.29 Å². The van der Waals surface area contributed by atoms with Crippen molar-refractivity contribution in [1.29, 1.82) is 0 Å². The number of nitrogens with two attached hydrogens (primary N) is 1. The van der Waals surface area contributed by atoms with E-state index in [1.165, 1.54) is 16.6 Å². The highest BCUT2D eigenvalue weighted by atomic mass is 79.9. The minimum Gasteiger partial charge on any atom is -0.383 e. The zero-order valence-electron chi connectivity index (χ0n) is 10.1. The number of halogens is 1. The SMILES string of the molecule is CC1CCCN(S(=O)(=O)c2cc(Br)cnc2N)C1. The van der Waals surface area contributed by atoms with Crippen LogP contribution in [0.2, 0.25) is 0 Å². The van der Waals surface area contributed by atoms with Crippen molar-refractivity contribution >= 4 is 31.8 Å². The fourth-order valence-corrected chi connectivity index (χ4v) is 4.32. The van der Waals surface area contributed by atoms with Crippen molar-refractivity contribution in [3.63, 3.8) is 0 Å². The minimum atomic E-state index is -3.53. The van der Waals surface area contributed by atoms with Gasteiger partial charge in [0.25, 0.3) is 0 Å². The molecular weight excluding hydrogens is 318 g/mol. The maximum atomic E-state index is 12.5. The van der Waals surface area contributed by atoms with Crippen molar-refractivity contribution in [2.75, 3.05) is 18.8 Å². The summed E-state index contributed by atoms with van der Waals surface area (Å²) in [6.07, 6.45) is 3.45. The Hall–Kier alpha value is -0.660. The van der Waals surface area contributed by atoms with Gasteiger partial charge in [-0.1, -0.05) is 6.92 Å². The molecule has 7 heteroatoms. The summed E-state index contributed by atoms with van der Waals surface area (Å²) in [6.45, 7) is 3.16. The Bertz CT molecular complexity index is 547. The van der Waals surface area contributed by atoms with Crippen LogP contribution in [0.3, 0.4) is 0 Å². The summed E-state index contributed by atoms with van der Waals surface area (Å²) in [4.78, 5) is 3.97. The first kappa shape index (κ1) is 13.8. The van der Waals surface area contributed by atoms with Gasteiger partial charge in [0, 0.05) is 23.8 Å². The van der Waals surface area contributed by atoms with Gasteiger partial charge in [-0.05, 0) is 40.8 Å². The molecule has 1 aromatic heterocycles. The van der Waals surface area contributed by atoms with E-state index < -0.39 is 10.0 Å². The molecule has 1 aliphatic heterocycles. The molecule has 2 N–H and O–H groups in total. The van der Waals surface area contributed by atoms with Crippen LogP contribution in [0, 0.1) is 5.92 Å². The first-order valence-electron chi connectivity index (χ1n) is 5.82. The molecule has 0 amide bonds. The lowest BCUT2D eigenvalue weighted by Crippen LogP contribution is -2.39. The topological polar surface area (TPSA) is 76.3 Å². The summed E-state index contributed by atoms with van der Waals surface area (Å²) in [5, 5.41) is 0. The Balaban J connectivity index is 2.38. The van der Waals surface area contributed by atoms with E-state index in [4.69, 9.17) is 5.73 Å². The van der Waals surface area contributed by atoms with Gasteiger partial charge in [-0.2, -0.15) is 4.31 Å². The van der Waals surface area contributed by atoms with E-state index in [0.717, 1.165) is 12.8 Å². The molecule has 2 rings (SSSR count). The second-order valence-electron chi connectivity index (χ2n) is 4.65. The highest BCUT2D eigenvalue weighted by Gasteiger charge is 2.30. The Labute approximate surface area is 116 Å². The van der Waals surface area contributed by atoms with Crippen molar-refractivity contribution in [2.24, 2.45) is 5.92 Å². The van der Waals surface area contributed by atoms with Crippen LogP contribution in [0.25, 0.3) is 0 Å². The Kier molecular flexibility index (Phi) is 3.93. The van der Waals surface area contributed by atoms with Crippen LogP contribution in [0.15, 0.2) is 21.6 Å². The molecule has 5 nitrogen and oxygen atoms in total. The van der Waals surface area contributed by atoms with Crippen LogP contribution >= 0.6 is 15.9 Å². The molecule has 1 aromatic rings. The highest BCUT2D eigenvalue weighted by Crippen LogP contribution is 2.27. The first-order chi connectivity index (χ1) is 8.41. The van der Waals surface area contributed by atoms with Gasteiger partial charge >= 0.3 is 0 Å². The van der Waals surface area contributed by atoms with Gasteiger partial charge in [0.15, 0.2) is 0 Å². The largest absolute Gasteiger partial charge is 0.383 e. The fraction of sp³-hybridized carbons (Fsp3) is 0.545. The smallest absolute Gasteiger partial charge is 0.246 e. The van der Waals surface area contributed by atoms with E-state index >= 15 is 0 Å². The summed E-state index contributed by atoms with van der Waals surface area (Å²) in [7, 11) is -3.53. The summed E-state index contributed by atoms with van der Waals surface area (Å²) >= 11 is 3.22. The van der Waals surface area contributed by atoms with Crippen molar-refractivity contribution < 1.29 is 8.42 Å². The van der Waals surface area contributed by atoms with Gasteiger partial charge in [0.1, 0.15) is 10.7 Å². The molecule has 100 valence electrons. The monoisotopic (exact) mass is 333 g/mol. The number of nitrogen functional groups attached to an aromatic ring is 1. The molecule has 1 unspecified atom stereocenters. The summed E-state index contributed by atoms with van der Waals surface area (Å²) in [5.74, 6) is 0.436. The Morgan fingerprint density at radius 1 is 1.56 bits per heavy atom. The number of sulfonamides is 1. The van der Waals surface area contributed by atoms with E-state index in [1.54, 1.807) is 0 Å². The standard InChI is InChI=1S/C11H16BrN3O2S/c1-8-3-2-4-15(7-8)18(16,17)10-5-9(12)6-14-11(10)13/h5-6,8H,2-4,7H2,1H3,(H2,13,14). The van der Waals surface area contributed by atoms with Crippen molar-refractivity contribution in [3.05, 3.63) is 16.7 Å². The van der Waals surface area contributed by atoms with Gasteiger partial charge < -0.3 is 5.73 Å². The van der Waals surface area contributed by atoms with E-state index in [9.17, 15) is 8.42 Å². The Morgan fingerprint density at radius 2 is 2.28 bits per heavy atom. The molecule has 1 aliphatic rings. The van der Waals surface area contributed by atoms with Gasteiger partial charge in [-0.15, -0.1) is 0 Å². The first-order valence-corrected chi connectivity index (χ1v) is 8.05. The number of pyridine rings is 1. The molecule has 0 saturated carbocycles. The lowest BCUT2D eigenvalue weighted by atomic mass is 10.0. The number of anilines is 1. The fourth-order valence-electron chi connectivity index (χ4n) is 2.14. The molecule has 0 aliphatic carbocycles. The molecule has 0 spiro atoms. The van der Waals surface area contributed by atoms with Gasteiger partial charge in [0.2, 0.25) is 10.0 Å². The lowest BCUT2D eigenvalue weighted by molar-refractivity contribution is 0.281. The van der Waals surface area contributed by atoms with Crippen molar-refractivity contribution in [3.8, 4) is 0 Å². The number of piperidine rings is 1. The van der Waals surface area contributed by atoms with Crippen LogP contribution in [-0.4, -0.2) is 30.8 Å². The van der Waals surface area contributed by atoms with E-state index in [2.05, 4.69) is 27.8 Å². The predicted octanol–water partition coefficient (Wildman–Crippen LogP) is 1.85. The van der Waals surface area contributed by atoms with Crippen LogP contribution in [0.4, 0.5) is 5.82 Å². The average molecular weight is 334 g/mol. The second kappa shape index (κ2) is 5.14. The number of hydrogen-bond acceptors (Lipinski definition) is 4. The third-order valence-electron chi connectivity index (χ3n) is 3.09. The lowest BCUT2D eigenvalue weighted by Gasteiger charge is -2.30. The number of nitrogens with zero attached hydrogens (tertiary/aromatic N) is 2. The molecule has 0 aromatic carbocycles. The highest BCUT2D eigenvalue weighted by molar-refractivity contribution is 9.10. The average Bonchev–Trinajstić information content (AvgIpc) is 2.32. The zero-order valence-corrected chi connectivity index (χ0v) is 12.5. The molecule has 1 saturated heterocycles. The van der Waals surface area contributed by atoms with E-state index in [1.807, 2.05) is 0 Å². The van der Waals surface area contributed by atoms with Crippen LogP contribution in [0.1, 0.15) is 19.8 Å². The van der Waals surface area contributed by atoms with Gasteiger partial charge in [-0.3, -0.25) is 0 Å². The van der Waals surface area contributed by atoms with E-state index in [-0.39, 0.29) is 10.7 Å².